The largest absolute Gasteiger partial charge is 0.576 e. The molecule has 0 unspecified atom stereocenters. The smallest absolute Gasteiger partial charge is 0.370 e. The van der Waals surface area contributed by atoms with Crippen LogP contribution in [0.2, 0.25) is 0 Å². The fourth-order valence-electron chi connectivity index (χ4n) is 1.19. The Morgan fingerprint density at radius 1 is 0.941 bits per heavy atom. The lowest BCUT2D eigenvalue weighted by atomic mass is 10.5. The van der Waals surface area contributed by atoms with Crippen LogP contribution >= 0.6 is 0 Å². The van der Waals surface area contributed by atoms with Gasteiger partial charge in [0.25, 0.3) is 6.17 Å². The highest BCUT2D eigenvalue weighted by Crippen LogP contribution is 2.12. The van der Waals surface area contributed by atoms with Gasteiger partial charge in [-0.15, -0.1) is 0 Å². The molecule has 17 heavy (non-hydrogen) atoms. The highest BCUT2D eigenvalue weighted by Gasteiger charge is 2.47. The van der Waals surface area contributed by atoms with Crippen LogP contribution in [-0.4, -0.2) is 39.7 Å². The van der Waals surface area contributed by atoms with E-state index >= 15 is 0 Å². The molecule has 0 aliphatic carbocycles. The minimum Gasteiger partial charge on any atom is -0.370 e. The zero-order chi connectivity index (χ0) is 13.1. The van der Waals surface area contributed by atoms with E-state index in [1.54, 1.807) is 0 Å². The molecular formula is C10H23NO5Si. The van der Waals surface area contributed by atoms with Crippen LogP contribution in [0.5, 0.6) is 0 Å². The van der Waals surface area contributed by atoms with Gasteiger partial charge in [-0.1, -0.05) is 20.8 Å². The van der Waals surface area contributed by atoms with Crippen LogP contribution in [0.15, 0.2) is 0 Å². The molecule has 0 radical (unpaired) electrons. The van der Waals surface area contributed by atoms with Crippen LogP contribution in [0.25, 0.3) is 0 Å². The summed E-state index contributed by atoms with van der Waals surface area (Å²) < 4.78 is 16.6. The van der Waals surface area contributed by atoms with E-state index in [0.717, 1.165) is 19.3 Å². The molecule has 7 heteroatoms. The standard InChI is InChI=1S/C10H23NO5Si/c1-4-7-14-17(10-11(12)13,15-8-5-2)16-9-6-3/h4-10H2,1-3H3. The second kappa shape index (κ2) is 9.52. The van der Waals surface area contributed by atoms with Crippen molar-refractivity contribution in [1.82, 2.24) is 0 Å². The first kappa shape index (κ1) is 16.5. The summed E-state index contributed by atoms with van der Waals surface area (Å²) >= 11 is 0. The number of hydrogen-bond acceptors (Lipinski definition) is 5. The van der Waals surface area contributed by atoms with Gasteiger partial charge in [0.1, 0.15) is 0 Å². The van der Waals surface area contributed by atoms with Gasteiger partial charge in [-0.25, -0.2) is 0 Å². The Hall–Kier alpha value is -0.503. The predicted molar refractivity (Wildman–Crippen MR) is 66.3 cm³/mol. The lowest BCUT2D eigenvalue weighted by Crippen LogP contribution is -2.52. The van der Waals surface area contributed by atoms with Gasteiger partial charge in [0, 0.05) is 24.7 Å². The SMILES string of the molecule is CCCO[Si](C[N+](=O)[O-])(OCCC)OCCC. The summed E-state index contributed by atoms with van der Waals surface area (Å²) in [6, 6.07) is 0. The summed E-state index contributed by atoms with van der Waals surface area (Å²) in [6.07, 6.45) is 2.01. The van der Waals surface area contributed by atoms with Crippen molar-refractivity contribution in [2.75, 3.05) is 26.0 Å². The van der Waals surface area contributed by atoms with Crippen molar-refractivity contribution in [1.29, 1.82) is 0 Å². The topological polar surface area (TPSA) is 70.8 Å². The van der Waals surface area contributed by atoms with Crippen LogP contribution in [0, 0.1) is 10.1 Å². The van der Waals surface area contributed by atoms with Gasteiger partial charge in [-0.2, -0.15) is 0 Å². The van der Waals surface area contributed by atoms with E-state index in [4.69, 9.17) is 13.3 Å². The maximum atomic E-state index is 10.7. The van der Waals surface area contributed by atoms with Crippen molar-refractivity contribution < 1.29 is 18.2 Å². The summed E-state index contributed by atoms with van der Waals surface area (Å²) in [4.78, 5) is 10.3. The highest BCUT2D eigenvalue weighted by molar-refractivity contribution is 6.60. The third-order valence-electron chi connectivity index (χ3n) is 1.90. The summed E-state index contributed by atoms with van der Waals surface area (Å²) in [6.45, 7) is 7.16. The minimum absolute atomic E-state index is 0.354. The van der Waals surface area contributed by atoms with Crippen molar-refractivity contribution in [2.45, 2.75) is 40.0 Å². The van der Waals surface area contributed by atoms with E-state index < -0.39 is 13.7 Å². The van der Waals surface area contributed by atoms with Crippen molar-refractivity contribution in [3.8, 4) is 0 Å². The van der Waals surface area contributed by atoms with Gasteiger partial charge in [-0.3, -0.25) is 10.1 Å². The normalized spacial score (nSPS) is 11.7. The molecule has 0 saturated heterocycles. The average Bonchev–Trinajstić information content (AvgIpc) is 2.30. The van der Waals surface area contributed by atoms with Crippen LogP contribution in [-0.2, 0) is 13.3 Å². The fourth-order valence-corrected chi connectivity index (χ4v) is 3.58. The first-order chi connectivity index (χ1) is 8.10. The summed E-state index contributed by atoms with van der Waals surface area (Å²) in [5.41, 5.74) is 0. The van der Waals surface area contributed by atoms with Crippen molar-refractivity contribution in [3.63, 3.8) is 0 Å². The van der Waals surface area contributed by atoms with E-state index in [2.05, 4.69) is 0 Å². The first-order valence-corrected chi connectivity index (χ1v) is 8.07. The van der Waals surface area contributed by atoms with Crippen LogP contribution < -0.4 is 0 Å². The first-order valence-electron chi connectivity index (χ1n) is 6.13. The molecule has 0 fully saturated rings. The summed E-state index contributed by atoms with van der Waals surface area (Å²) in [5.74, 6) is 0. The van der Waals surface area contributed by atoms with Crippen molar-refractivity contribution in [2.24, 2.45) is 0 Å². The van der Waals surface area contributed by atoms with Gasteiger partial charge in [-0.05, 0) is 19.3 Å². The Labute approximate surface area is 104 Å². The third-order valence-corrected chi connectivity index (χ3v) is 4.48. The number of nitrogens with zero attached hydrogens (tertiary/aromatic N) is 1. The zero-order valence-corrected chi connectivity index (χ0v) is 11.9. The number of rotatable bonds is 11. The molecule has 102 valence electrons. The maximum Gasteiger partial charge on any atom is 0.576 e. The molecule has 0 aliphatic heterocycles. The molecule has 0 aliphatic rings. The van der Waals surface area contributed by atoms with Crippen LogP contribution in [0.1, 0.15) is 40.0 Å². The van der Waals surface area contributed by atoms with Crippen molar-refractivity contribution >= 4 is 8.80 Å². The maximum absolute atomic E-state index is 10.7. The van der Waals surface area contributed by atoms with E-state index in [1.807, 2.05) is 20.8 Å². The van der Waals surface area contributed by atoms with E-state index in [-0.39, 0.29) is 6.17 Å². The molecule has 0 aromatic heterocycles. The monoisotopic (exact) mass is 265 g/mol. The van der Waals surface area contributed by atoms with E-state index in [9.17, 15) is 10.1 Å². The number of nitro groups is 1. The number of hydrogen-bond donors (Lipinski definition) is 0. The lowest BCUT2D eigenvalue weighted by Gasteiger charge is -2.25. The summed E-state index contributed by atoms with van der Waals surface area (Å²) in [5, 5.41) is 10.7. The zero-order valence-electron chi connectivity index (χ0n) is 10.9. The summed E-state index contributed by atoms with van der Waals surface area (Å²) in [7, 11) is -3.12. The molecule has 0 bridgehead atoms. The van der Waals surface area contributed by atoms with Gasteiger partial charge >= 0.3 is 8.80 Å². The molecule has 6 nitrogen and oxygen atoms in total. The lowest BCUT2D eigenvalue weighted by molar-refractivity contribution is -0.469. The minimum atomic E-state index is -3.12. The van der Waals surface area contributed by atoms with Gasteiger partial charge in [0.2, 0.25) is 0 Å². The third kappa shape index (κ3) is 7.43. The van der Waals surface area contributed by atoms with E-state index in [1.165, 1.54) is 0 Å². The molecule has 0 spiro atoms. The molecular weight excluding hydrogens is 242 g/mol. The van der Waals surface area contributed by atoms with Gasteiger partial charge in [0.05, 0.1) is 0 Å². The predicted octanol–water partition coefficient (Wildman–Crippen LogP) is 2.02. The molecule has 0 saturated carbocycles. The Balaban J connectivity index is 4.56. The van der Waals surface area contributed by atoms with Crippen LogP contribution in [0.4, 0.5) is 0 Å². The molecule has 0 heterocycles. The molecule has 0 rings (SSSR count). The second-order valence-electron chi connectivity index (χ2n) is 3.72. The quantitative estimate of drug-likeness (QED) is 0.325. The second-order valence-corrected chi connectivity index (χ2v) is 6.27. The fraction of sp³-hybridized carbons (Fsp3) is 1.00. The molecule has 0 aromatic rings. The Kier molecular flexibility index (Phi) is 9.24. The average molecular weight is 265 g/mol. The van der Waals surface area contributed by atoms with Gasteiger partial charge < -0.3 is 13.3 Å². The van der Waals surface area contributed by atoms with Gasteiger partial charge in [0.15, 0.2) is 0 Å². The Morgan fingerprint density at radius 3 is 1.53 bits per heavy atom. The molecule has 0 amide bonds. The Morgan fingerprint density at radius 2 is 1.29 bits per heavy atom. The molecule has 0 N–H and O–H groups in total. The molecule has 0 atom stereocenters. The highest BCUT2D eigenvalue weighted by atomic mass is 28.4. The van der Waals surface area contributed by atoms with Crippen molar-refractivity contribution in [3.05, 3.63) is 10.1 Å². The van der Waals surface area contributed by atoms with Crippen LogP contribution in [0.3, 0.4) is 0 Å². The Bertz CT molecular complexity index is 193. The molecule has 0 aromatic carbocycles. The van der Waals surface area contributed by atoms with E-state index in [0.29, 0.717) is 19.8 Å².